The van der Waals surface area contributed by atoms with Crippen LogP contribution < -0.4 is 5.69 Å². The van der Waals surface area contributed by atoms with Crippen LogP contribution >= 0.6 is 34.3 Å². The van der Waals surface area contributed by atoms with Crippen molar-refractivity contribution in [2.75, 3.05) is 0 Å². The lowest BCUT2D eigenvalue weighted by Gasteiger charge is -1.98. The molecule has 0 unspecified atom stereocenters. The normalized spacial score (nSPS) is 11.1. The Kier molecular flexibility index (Phi) is 4.48. The van der Waals surface area contributed by atoms with Crippen molar-refractivity contribution in [3.05, 3.63) is 78.9 Å². The predicted molar refractivity (Wildman–Crippen MR) is 99.0 cm³/mol. The Hall–Kier alpha value is -2.29. The van der Waals surface area contributed by atoms with Gasteiger partial charge in [-0.2, -0.15) is 9.36 Å². The first-order valence-electron chi connectivity index (χ1n) is 7.43. The summed E-state index contributed by atoms with van der Waals surface area (Å²) in [6.45, 7) is 0.307. The Labute approximate surface area is 155 Å². The molecule has 0 aliphatic heterocycles. The van der Waals surface area contributed by atoms with Gasteiger partial charge in [-0.3, -0.25) is 0 Å². The lowest BCUT2D eigenvalue weighted by atomic mass is 10.2. The number of hydrogen-bond acceptors (Lipinski definition) is 6. The molecular weight excluding hydrogens is 378 g/mol. The fourth-order valence-electron chi connectivity index (χ4n) is 2.34. The lowest BCUT2D eigenvalue weighted by molar-refractivity contribution is 0.622. The first-order chi connectivity index (χ1) is 12.2. The summed E-state index contributed by atoms with van der Waals surface area (Å²) < 4.78 is 2.62. The van der Waals surface area contributed by atoms with Crippen LogP contribution in [0.1, 0.15) is 16.3 Å². The molecule has 0 amide bonds. The van der Waals surface area contributed by atoms with E-state index in [0.29, 0.717) is 6.54 Å². The standard InChI is InChI=1S/C16H12ClN5OS2/c17-12-5-3-11(4-6-12)8-14-18-13(10-25-14)9-21-16(23)22(20-19-21)15-2-1-7-24-15/h1-7,10H,8-9H2. The molecule has 0 bridgehead atoms. The molecule has 0 saturated carbocycles. The van der Waals surface area contributed by atoms with Gasteiger partial charge in [0.15, 0.2) is 0 Å². The van der Waals surface area contributed by atoms with Gasteiger partial charge in [0, 0.05) is 16.8 Å². The molecule has 0 N–H and O–H groups in total. The summed E-state index contributed by atoms with van der Waals surface area (Å²) in [6, 6.07) is 11.4. The third-order valence-corrected chi connectivity index (χ3v) is 5.53. The van der Waals surface area contributed by atoms with E-state index in [1.807, 2.05) is 47.2 Å². The van der Waals surface area contributed by atoms with E-state index < -0.39 is 0 Å². The van der Waals surface area contributed by atoms with Gasteiger partial charge in [-0.1, -0.05) is 23.7 Å². The number of rotatable bonds is 5. The second kappa shape index (κ2) is 6.91. The maximum Gasteiger partial charge on any atom is 0.369 e. The van der Waals surface area contributed by atoms with Crippen LogP contribution in [0.3, 0.4) is 0 Å². The van der Waals surface area contributed by atoms with Crippen LogP contribution in [-0.2, 0) is 13.0 Å². The summed E-state index contributed by atoms with van der Waals surface area (Å²) in [5, 5.41) is 14.2. The highest BCUT2D eigenvalue weighted by Crippen LogP contribution is 2.17. The molecule has 4 rings (SSSR count). The second-order valence-corrected chi connectivity index (χ2v) is 7.62. The van der Waals surface area contributed by atoms with E-state index in [1.165, 1.54) is 20.7 Å². The van der Waals surface area contributed by atoms with Crippen LogP contribution in [0.4, 0.5) is 0 Å². The third kappa shape index (κ3) is 3.55. The number of thiophene rings is 1. The minimum atomic E-state index is -0.269. The quantitative estimate of drug-likeness (QED) is 0.525. The maximum absolute atomic E-state index is 12.4. The smallest absolute Gasteiger partial charge is 0.244 e. The molecule has 0 fully saturated rings. The Balaban J connectivity index is 1.50. The molecule has 4 aromatic rings. The van der Waals surface area contributed by atoms with Crippen molar-refractivity contribution in [1.82, 2.24) is 24.8 Å². The molecule has 3 heterocycles. The number of thiazole rings is 1. The average Bonchev–Trinajstić information content (AvgIpc) is 3.33. The van der Waals surface area contributed by atoms with Crippen molar-refractivity contribution in [2.24, 2.45) is 0 Å². The van der Waals surface area contributed by atoms with Crippen LogP contribution in [0, 0.1) is 0 Å². The maximum atomic E-state index is 12.4. The van der Waals surface area contributed by atoms with E-state index >= 15 is 0 Å². The molecule has 0 atom stereocenters. The van der Waals surface area contributed by atoms with Crippen LogP contribution in [-0.4, -0.2) is 24.8 Å². The number of hydrogen-bond donors (Lipinski definition) is 0. The topological polar surface area (TPSA) is 65.6 Å². The van der Waals surface area contributed by atoms with Crippen LogP contribution in [0.5, 0.6) is 0 Å². The monoisotopic (exact) mass is 389 g/mol. The fraction of sp³-hybridized carbons (Fsp3) is 0.125. The first kappa shape index (κ1) is 16.2. The van der Waals surface area contributed by atoms with Crippen molar-refractivity contribution in [3.8, 4) is 5.00 Å². The highest BCUT2D eigenvalue weighted by atomic mass is 35.5. The number of benzene rings is 1. The SMILES string of the molecule is O=c1n(Cc2csc(Cc3ccc(Cl)cc3)n2)nnn1-c1cccs1. The van der Waals surface area contributed by atoms with E-state index in [9.17, 15) is 4.79 Å². The summed E-state index contributed by atoms with van der Waals surface area (Å²) in [4.78, 5) is 17.0. The van der Waals surface area contributed by atoms with Crippen molar-refractivity contribution in [1.29, 1.82) is 0 Å². The predicted octanol–water partition coefficient (Wildman–Crippen LogP) is 3.24. The van der Waals surface area contributed by atoms with E-state index in [-0.39, 0.29) is 5.69 Å². The highest BCUT2D eigenvalue weighted by Gasteiger charge is 2.12. The largest absolute Gasteiger partial charge is 0.369 e. The average molecular weight is 390 g/mol. The minimum Gasteiger partial charge on any atom is -0.244 e. The van der Waals surface area contributed by atoms with Crippen molar-refractivity contribution in [3.63, 3.8) is 0 Å². The van der Waals surface area contributed by atoms with Crippen LogP contribution in [0.25, 0.3) is 5.00 Å². The Morgan fingerprint density at radius 1 is 1.08 bits per heavy atom. The lowest BCUT2D eigenvalue weighted by Crippen LogP contribution is -2.24. The molecule has 126 valence electrons. The van der Waals surface area contributed by atoms with Crippen LogP contribution in [0.2, 0.25) is 5.02 Å². The Morgan fingerprint density at radius 3 is 2.68 bits per heavy atom. The molecule has 9 heteroatoms. The molecule has 0 aliphatic rings. The fourth-order valence-corrected chi connectivity index (χ4v) is 3.95. The zero-order valence-corrected chi connectivity index (χ0v) is 15.3. The summed E-state index contributed by atoms with van der Waals surface area (Å²) in [5.74, 6) is 0. The Bertz CT molecular complexity index is 1030. The molecule has 1 aromatic carbocycles. The molecule has 6 nitrogen and oxygen atoms in total. The van der Waals surface area contributed by atoms with Crippen molar-refractivity contribution >= 4 is 34.3 Å². The minimum absolute atomic E-state index is 0.269. The first-order valence-corrected chi connectivity index (χ1v) is 9.57. The zero-order valence-electron chi connectivity index (χ0n) is 12.9. The van der Waals surface area contributed by atoms with E-state index in [0.717, 1.165) is 32.7 Å². The van der Waals surface area contributed by atoms with Gasteiger partial charge in [0.2, 0.25) is 0 Å². The molecule has 0 saturated heterocycles. The van der Waals surface area contributed by atoms with Gasteiger partial charge >= 0.3 is 5.69 Å². The van der Waals surface area contributed by atoms with Crippen molar-refractivity contribution < 1.29 is 0 Å². The van der Waals surface area contributed by atoms with Crippen LogP contribution in [0.15, 0.2) is 52.0 Å². The number of aromatic nitrogens is 5. The third-order valence-electron chi connectivity index (χ3n) is 3.53. The summed E-state index contributed by atoms with van der Waals surface area (Å²) in [7, 11) is 0. The van der Waals surface area contributed by atoms with Gasteiger partial charge < -0.3 is 0 Å². The Morgan fingerprint density at radius 2 is 1.92 bits per heavy atom. The highest BCUT2D eigenvalue weighted by molar-refractivity contribution is 7.12. The molecule has 3 aromatic heterocycles. The summed E-state index contributed by atoms with van der Waals surface area (Å²) >= 11 is 8.91. The second-order valence-electron chi connectivity index (χ2n) is 5.32. The summed E-state index contributed by atoms with van der Waals surface area (Å²) in [6.07, 6.45) is 0.735. The van der Waals surface area contributed by atoms with Gasteiger partial charge in [0.1, 0.15) is 5.00 Å². The van der Waals surface area contributed by atoms with Gasteiger partial charge in [-0.25, -0.2) is 9.78 Å². The molecule has 0 spiro atoms. The van der Waals surface area contributed by atoms with E-state index in [4.69, 9.17) is 11.6 Å². The molecular formula is C16H12ClN5OS2. The number of nitrogens with zero attached hydrogens (tertiary/aromatic N) is 5. The molecule has 25 heavy (non-hydrogen) atoms. The molecule has 0 aliphatic carbocycles. The summed E-state index contributed by atoms with van der Waals surface area (Å²) in [5.41, 5.74) is 1.68. The van der Waals surface area contributed by atoms with Gasteiger partial charge in [0.05, 0.1) is 17.2 Å². The molecule has 0 radical (unpaired) electrons. The number of halogens is 1. The number of tetrazole rings is 1. The van der Waals surface area contributed by atoms with E-state index in [1.54, 1.807) is 11.3 Å². The van der Waals surface area contributed by atoms with Gasteiger partial charge in [0.25, 0.3) is 0 Å². The zero-order chi connectivity index (χ0) is 17.2. The van der Waals surface area contributed by atoms with Gasteiger partial charge in [-0.05, 0) is 45.6 Å². The van der Waals surface area contributed by atoms with Gasteiger partial charge in [-0.15, -0.1) is 22.7 Å². The van der Waals surface area contributed by atoms with E-state index in [2.05, 4.69) is 15.4 Å². The van der Waals surface area contributed by atoms with Crippen molar-refractivity contribution in [2.45, 2.75) is 13.0 Å².